The van der Waals surface area contributed by atoms with Crippen LogP contribution in [0.5, 0.6) is 5.75 Å². The lowest BCUT2D eigenvalue weighted by molar-refractivity contribution is -0.274. The van der Waals surface area contributed by atoms with Crippen LogP contribution in [0.25, 0.3) is 0 Å². The first-order valence-electron chi connectivity index (χ1n) is 13.4. The number of aromatic nitrogens is 4. The highest BCUT2D eigenvalue weighted by molar-refractivity contribution is 6.32. The van der Waals surface area contributed by atoms with Gasteiger partial charge in [0.15, 0.2) is 5.82 Å². The fourth-order valence-corrected chi connectivity index (χ4v) is 5.51. The Balaban J connectivity index is 1.43. The van der Waals surface area contributed by atoms with E-state index in [1.807, 2.05) is 20.8 Å². The predicted molar refractivity (Wildman–Crippen MR) is 145 cm³/mol. The summed E-state index contributed by atoms with van der Waals surface area (Å²) in [6.07, 6.45) is -1.42. The summed E-state index contributed by atoms with van der Waals surface area (Å²) in [5.74, 6) is -1.20. The summed E-state index contributed by atoms with van der Waals surface area (Å²) in [6.45, 7) is 9.23. The van der Waals surface area contributed by atoms with E-state index in [1.54, 1.807) is 35.8 Å². The molecule has 10 nitrogen and oxygen atoms in total. The monoisotopic (exact) mass is 606 g/mol. The Hall–Kier alpha value is -3.71. The average molecular weight is 607 g/mol. The molecule has 3 aromatic rings. The van der Waals surface area contributed by atoms with Gasteiger partial charge >= 0.3 is 6.36 Å². The molecule has 0 aliphatic carbocycles. The molecule has 0 fully saturated rings. The Morgan fingerprint density at radius 2 is 1.83 bits per heavy atom. The molecule has 2 aliphatic heterocycles. The van der Waals surface area contributed by atoms with E-state index in [0.29, 0.717) is 35.5 Å². The molecule has 0 spiro atoms. The molecule has 1 N–H and O–H groups in total. The maximum atomic E-state index is 13.9. The molecule has 1 aromatic carbocycles. The van der Waals surface area contributed by atoms with Crippen molar-refractivity contribution in [2.24, 2.45) is 0 Å². The van der Waals surface area contributed by atoms with Gasteiger partial charge in [0, 0.05) is 48.1 Å². The highest BCUT2D eigenvalue weighted by Crippen LogP contribution is 2.36. The molecule has 2 amide bonds. The van der Waals surface area contributed by atoms with Crippen molar-refractivity contribution < 1.29 is 32.6 Å². The molecule has 0 saturated heterocycles. The van der Waals surface area contributed by atoms with E-state index in [9.17, 15) is 27.9 Å². The lowest BCUT2D eigenvalue weighted by Crippen LogP contribution is -2.45. The van der Waals surface area contributed by atoms with Crippen LogP contribution in [-0.4, -0.2) is 65.4 Å². The molecule has 4 heterocycles. The minimum Gasteiger partial charge on any atom is -0.404 e. The molecular formula is C28H30ClF3N6O4. The van der Waals surface area contributed by atoms with Crippen molar-refractivity contribution in [1.29, 1.82) is 0 Å². The summed E-state index contributed by atoms with van der Waals surface area (Å²) >= 11 is 5.87. The summed E-state index contributed by atoms with van der Waals surface area (Å²) in [7, 11) is 0. The van der Waals surface area contributed by atoms with Crippen LogP contribution in [0.3, 0.4) is 0 Å². The summed E-state index contributed by atoms with van der Waals surface area (Å²) in [5, 5.41) is 14.6. The van der Waals surface area contributed by atoms with E-state index in [4.69, 9.17) is 16.7 Å². The predicted octanol–water partition coefficient (Wildman–Crippen LogP) is 4.82. The molecule has 2 aliphatic rings. The van der Waals surface area contributed by atoms with Crippen LogP contribution in [0.1, 0.15) is 90.2 Å². The van der Waals surface area contributed by atoms with Gasteiger partial charge < -0.3 is 19.6 Å². The second kappa shape index (κ2) is 10.5. The van der Waals surface area contributed by atoms with Crippen LogP contribution >= 0.6 is 11.6 Å². The van der Waals surface area contributed by atoms with Gasteiger partial charge in [-0.3, -0.25) is 14.3 Å². The van der Waals surface area contributed by atoms with Gasteiger partial charge in [-0.15, -0.1) is 13.2 Å². The van der Waals surface area contributed by atoms with Crippen molar-refractivity contribution in [2.75, 3.05) is 6.54 Å². The maximum Gasteiger partial charge on any atom is 0.573 e. The van der Waals surface area contributed by atoms with Crippen molar-refractivity contribution in [3.05, 3.63) is 69.5 Å². The van der Waals surface area contributed by atoms with E-state index in [0.717, 1.165) is 6.07 Å². The van der Waals surface area contributed by atoms with Crippen molar-refractivity contribution in [3.8, 4) is 5.75 Å². The minimum absolute atomic E-state index is 0.0283. The van der Waals surface area contributed by atoms with Gasteiger partial charge in [-0.25, -0.2) is 9.97 Å². The summed E-state index contributed by atoms with van der Waals surface area (Å²) in [6, 6.07) is 2.59. The van der Waals surface area contributed by atoms with Gasteiger partial charge in [-0.1, -0.05) is 11.6 Å². The second-order valence-corrected chi connectivity index (χ2v) is 11.7. The average Bonchev–Trinajstić information content (AvgIpc) is 3.28. The van der Waals surface area contributed by atoms with E-state index < -0.39 is 29.7 Å². The summed E-state index contributed by atoms with van der Waals surface area (Å²) < 4.78 is 44.2. The molecule has 1 unspecified atom stereocenters. The Labute approximate surface area is 245 Å². The van der Waals surface area contributed by atoms with Gasteiger partial charge in [-0.2, -0.15) is 5.10 Å². The first kappa shape index (κ1) is 29.8. The van der Waals surface area contributed by atoms with E-state index in [-0.39, 0.29) is 40.9 Å². The topological polar surface area (TPSA) is 114 Å². The Morgan fingerprint density at radius 1 is 1.17 bits per heavy atom. The van der Waals surface area contributed by atoms with E-state index >= 15 is 0 Å². The number of aliphatic hydroxyl groups is 1. The van der Waals surface area contributed by atoms with Crippen LogP contribution in [0.4, 0.5) is 13.2 Å². The summed E-state index contributed by atoms with van der Waals surface area (Å²) in [4.78, 5) is 39.2. The smallest absolute Gasteiger partial charge is 0.404 e. The minimum atomic E-state index is -4.97. The fraction of sp³-hybridized carbons (Fsp3) is 0.464. The summed E-state index contributed by atoms with van der Waals surface area (Å²) in [5.41, 5.74) is 1.12. The number of fused-ring (bicyclic) bond motifs is 3. The van der Waals surface area contributed by atoms with Crippen molar-refractivity contribution in [2.45, 2.75) is 77.7 Å². The third-order valence-corrected chi connectivity index (χ3v) is 7.93. The van der Waals surface area contributed by atoms with Gasteiger partial charge in [0.1, 0.15) is 17.0 Å². The highest BCUT2D eigenvalue weighted by atomic mass is 35.5. The Morgan fingerprint density at radius 3 is 2.45 bits per heavy atom. The molecule has 2 aromatic heterocycles. The van der Waals surface area contributed by atoms with Crippen molar-refractivity contribution in [3.63, 3.8) is 0 Å². The van der Waals surface area contributed by atoms with E-state index in [1.165, 1.54) is 17.0 Å². The van der Waals surface area contributed by atoms with Gasteiger partial charge in [-0.05, 0) is 52.8 Å². The number of nitrogens with zero attached hydrogens (tertiary/aromatic N) is 6. The number of ether oxygens (including phenoxy) is 1. The van der Waals surface area contributed by atoms with Gasteiger partial charge in [0.2, 0.25) is 0 Å². The first-order chi connectivity index (χ1) is 19.5. The zero-order chi connectivity index (χ0) is 30.7. The maximum absolute atomic E-state index is 13.9. The first-order valence-corrected chi connectivity index (χ1v) is 13.7. The number of alkyl halides is 3. The highest BCUT2D eigenvalue weighted by Gasteiger charge is 2.41. The number of rotatable bonds is 5. The second-order valence-electron chi connectivity index (χ2n) is 11.3. The number of halogens is 4. The number of carbonyl (C=O) groups is 2. The molecule has 0 bridgehead atoms. The van der Waals surface area contributed by atoms with Gasteiger partial charge in [0.25, 0.3) is 11.8 Å². The molecular weight excluding hydrogens is 577 g/mol. The molecule has 224 valence electrons. The normalized spacial score (nSPS) is 19.8. The Bertz CT molecular complexity index is 1540. The molecule has 5 rings (SSSR count). The fourth-order valence-electron chi connectivity index (χ4n) is 5.35. The molecule has 42 heavy (non-hydrogen) atoms. The molecule has 3 atom stereocenters. The Kier molecular flexibility index (Phi) is 7.46. The SMILES string of the molecule is CC(c1cnc(C(C)(C)O)nc1)N1C[C@@H](C)n2nc3c(c2C1=O)CN(C(=O)c1ccc(Cl)c(OC(F)(F)F)c1)[C@H](C)C3. The quantitative estimate of drug-likeness (QED) is 0.443. The van der Waals surface area contributed by atoms with Crippen LogP contribution < -0.4 is 4.74 Å². The molecule has 0 saturated carbocycles. The third kappa shape index (κ3) is 5.54. The lowest BCUT2D eigenvalue weighted by Gasteiger charge is -2.37. The van der Waals surface area contributed by atoms with Gasteiger partial charge in [0.05, 0.1) is 29.3 Å². The van der Waals surface area contributed by atoms with Crippen molar-refractivity contribution >= 4 is 23.4 Å². The van der Waals surface area contributed by atoms with Crippen LogP contribution in [0, 0.1) is 0 Å². The zero-order valence-electron chi connectivity index (χ0n) is 23.6. The number of hydrogen-bond acceptors (Lipinski definition) is 7. The van der Waals surface area contributed by atoms with Crippen LogP contribution in [-0.2, 0) is 18.6 Å². The van der Waals surface area contributed by atoms with Crippen molar-refractivity contribution in [1.82, 2.24) is 29.5 Å². The standard InChI is InChI=1S/C28H30ClF3N6O4/c1-14-8-21-19(13-36(14)24(39)17-6-7-20(29)22(9-17)42-28(30,31)32)23-25(40)37(12-15(2)38(23)35-21)16(3)18-10-33-26(34-11-18)27(4,5)41/h6-7,9-11,14-16,41H,8,12-13H2,1-5H3/t14-,15-,16?/m1/s1. The molecule has 14 heteroatoms. The lowest BCUT2D eigenvalue weighted by atomic mass is 9.96. The number of amides is 2. The van der Waals surface area contributed by atoms with E-state index in [2.05, 4.69) is 14.7 Å². The number of carbonyl (C=O) groups excluding carboxylic acids is 2. The molecule has 0 radical (unpaired) electrons. The third-order valence-electron chi connectivity index (χ3n) is 7.62. The largest absolute Gasteiger partial charge is 0.573 e. The number of hydrogen-bond donors (Lipinski definition) is 1. The zero-order valence-corrected chi connectivity index (χ0v) is 24.4. The van der Waals surface area contributed by atoms with Crippen LogP contribution in [0.2, 0.25) is 5.02 Å². The van der Waals surface area contributed by atoms with Crippen LogP contribution in [0.15, 0.2) is 30.6 Å². The number of benzene rings is 1.